The molecule has 0 bridgehead atoms. The summed E-state index contributed by atoms with van der Waals surface area (Å²) in [5.74, 6) is 0.384. The van der Waals surface area contributed by atoms with Crippen molar-refractivity contribution in [1.29, 1.82) is 0 Å². The van der Waals surface area contributed by atoms with E-state index in [4.69, 9.17) is 5.73 Å². The Bertz CT molecular complexity index is 681. The second-order valence-corrected chi connectivity index (χ2v) is 6.28. The highest BCUT2D eigenvalue weighted by atomic mass is 35.5. The SMILES string of the molecule is CN(CC1CCN(c2ccccc2)C1)C(=O)c1cn(CCN)nn1.Cl.Cl. The van der Waals surface area contributed by atoms with Crippen molar-refractivity contribution in [1.82, 2.24) is 19.9 Å². The van der Waals surface area contributed by atoms with Gasteiger partial charge >= 0.3 is 0 Å². The maximum absolute atomic E-state index is 12.5. The Kier molecular flexibility index (Phi) is 8.84. The maximum atomic E-state index is 12.5. The van der Waals surface area contributed by atoms with Gasteiger partial charge in [0.25, 0.3) is 5.91 Å². The molecule has 9 heteroatoms. The molecule has 1 aromatic carbocycles. The fourth-order valence-electron chi connectivity index (χ4n) is 3.16. The molecule has 0 spiro atoms. The summed E-state index contributed by atoms with van der Waals surface area (Å²) in [4.78, 5) is 16.6. The molecule has 1 fully saturated rings. The number of amides is 1. The molecule has 0 aliphatic carbocycles. The minimum atomic E-state index is -0.0866. The van der Waals surface area contributed by atoms with E-state index >= 15 is 0 Å². The average Bonchev–Trinajstić information content (AvgIpc) is 3.25. The van der Waals surface area contributed by atoms with Crippen molar-refractivity contribution in [2.24, 2.45) is 11.7 Å². The quantitative estimate of drug-likeness (QED) is 0.797. The van der Waals surface area contributed by atoms with Gasteiger partial charge in [-0.05, 0) is 24.5 Å². The summed E-state index contributed by atoms with van der Waals surface area (Å²) in [6.45, 7) is 3.78. The van der Waals surface area contributed by atoms with Crippen LogP contribution in [0.4, 0.5) is 5.69 Å². The second-order valence-electron chi connectivity index (χ2n) is 6.28. The average molecular weight is 401 g/mol. The molecule has 26 heavy (non-hydrogen) atoms. The standard InChI is InChI=1S/C17H24N6O.2ClH/c1-21(17(24)16-13-23(10-8-18)20-19-16)11-14-7-9-22(12-14)15-5-3-2-4-6-15;;/h2-6,13-14H,7-12,18H2,1H3;2*1H. The van der Waals surface area contributed by atoms with Crippen molar-refractivity contribution in [2.45, 2.75) is 13.0 Å². The number of nitrogens with zero attached hydrogens (tertiary/aromatic N) is 5. The normalized spacial score (nSPS) is 15.9. The summed E-state index contributed by atoms with van der Waals surface area (Å²) < 4.78 is 1.60. The minimum absolute atomic E-state index is 0. The van der Waals surface area contributed by atoms with E-state index in [0.717, 1.165) is 26.1 Å². The Morgan fingerprint density at radius 3 is 2.73 bits per heavy atom. The van der Waals surface area contributed by atoms with E-state index in [9.17, 15) is 4.79 Å². The van der Waals surface area contributed by atoms with Gasteiger partial charge in [-0.15, -0.1) is 29.9 Å². The van der Waals surface area contributed by atoms with Crippen molar-refractivity contribution in [3.05, 3.63) is 42.2 Å². The van der Waals surface area contributed by atoms with Crippen LogP contribution in [0.2, 0.25) is 0 Å². The largest absolute Gasteiger partial charge is 0.371 e. The number of aromatic nitrogens is 3. The van der Waals surface area contributed by atoms with Gasteiger partial charge in [0.05, 0.1) is 12.7 Å². The third-order valence-electron chi connectivity index (χ3n) is 4.40. The lowest BCUT2D eigenvalue weighted by molar-refractivity contribution is 0.0770. The first-order valence-corrected chi connectivity index (χ1v) is 8.33. The zero-order chi connectivity index (χ0) is 16.9. The van der Waals surface area contributed by atoms with Gasteiger partial charge in [-0.2, -0.15) is 0 Å². The van der Waals surface area contributed by atoms with Gasteiger partial charge in [-0.3, -0.25) is 9.48 Å². The van der Waals surface area contributed by atoms with Crippen LogP contribution in [0.25, 0.3) is 0 Å². The number of nitrogens with two attached hydrogens (primary N) is 1. The van der Waals surface area contributed by atoms with Crippen LogP contribution in [0, 0.1) is 5.92 Å². The number of anilines is 1. The molecule has 1 saturated heterocycles. The molecular weight excluding hydrogens is 375 g/mol. The van der Waals surface area contributed by atoms with Gasteiger partial charge < -0.3 is 15.5 Å². The van der Waals surface area contributed by atoms with Gasteiger partial charge in [0.2, 0.25) is 0 Å². The number of carbonyl (C=O) groups is 1. The van der Waals surface area contributed by atoms with E-state index in [0.29, 0.717) is 24.7 Å². The van der Waals surface area contributed by atoms with Crippen LogP contribution >= 0.6 is 24.8 Å². The molecule has 3 rings (SSSR count). The number of rotatable bonds is 6. The predicted octanol–water partition coefficient (Wildman–Crippen LogP) is 1.68. The van der Waals surface area contributed by atoms with Crippen LogP contribution in [0.3, 0.4) is 0 Å². The molecule has 2 N–H and O–H groups in total. The van der Waals surface area contributed by atoms with Crippen LogP contribution in [-0.2, 0) is 6.54 Å². The Labute approximate surface area is 166 Å². The molecule has 2 aromatic rings. The first-order chi connectivity index (χ1) is 11.7. The van der Waals surface area contributed by atoms with Gasteiger partial charge in [-0.25, -0.2) is 0 Å². The van der Waals surface area contributed by atoms with E-state index in [1.165, 1.54) is 5.69 Å². The lowest BCUT2D eigenvalue weighted by atomic mass is 10.1. The zero-order valence-corrected chi connectivity index (χ0v) is 16.5. The Hall–Kier alpha value is -1.83. The number of halogens is 2. The molecule has 1 unspecified atom stereocenters. The van der Waals surface area contributed by atoms with Crippen molar-refractivity contribution in [2.75, 3.05) is 38.1 Å². The summed E-state index contributed by atoms with van der Waals surface area (Å²) in [5.41, 5.74) is 7.11. The van der Waals surface area contributed by atoms with E-state index in [-0.39, 0.29) is 30.7 Å². The van der Waals surface area contributed by atoms with E-state index in [2.05, 4.69) is 39.5 Å². The highest BCUT2D eigenvalue weighted by molar-refractivity contribution is 5.91. The van der Waals surface area contributed by atoms with E-state index in [1.54, 1.807) is 15.8 Å². The molecule has 1 atom stereocenters. The first kappa shape index (κ1) is 22.2. The van der Waals surface area contributed by atoms with Crippen molar-refractivity contribution < 1.29 is 4.79 Å². The molecule has 1 aliphatic heterocycles. The van der Waals surface area contributed by atoms with Gasteiger partial charge in [0, 0.05) is 38.9 Å². The monoisotopic (exact) mass is 400 g/mol. The molecule has 1 aromatic heterocycles. The summed E-state index contributed by atoms with van der Waals surface area (Å²) >= 11 is 0. The summed E-state index contributed by atoms with van der Waals surface area (Å²) in [6, 6.07) is 10.4. The van der Waals surface area contributed by atoms with Crippen LogP contribution < -0.4 is 10.6 Å². The number of carbonyl (C=O) groups excluding carboxylic acids is 1. The number of hydrogen-bond acceptors (Lipinski definition) is 5. The molecule has 0 radical (unpaired) electrons. The maximum Gasteiger partial charge on any atom is 0.275 e. The summed E-state index contributed by atoms with van der Waals surface area (Å²) in [6.07, 6.45) is 2.75. The first-order valence-electron chi connectivity index (χ1n) is 8.33. The van der Waals surface area contributed by atoms with Crippen molar-refractivity contribution in [3.8, 4) is 0 Å². The summed E-state index contributed by atoms with van der Waals surface area (Å²) in [5, 5.41) is 7.87. The van der Waals surface area contributed by atoms with Crippen LogP contribution in [0.1, 0.15) is 16.9 Å². The molecule has 0 saturated carbocycles. The van der Waals surface area contributed by atoms with Crippen molar-refractivity contribution in [3.63, 3.8) is 0 Å². The smallest absolute Gasteiger partial charge is 0.275 e. The minimum Gasteiger partial charge on any atom is -0.371 e. The topological polar surface area (TPSA) is 80.3 Å². The Morgan fingerprint density at radius 2 is 2.04 bits per heavy atom. The highest BCUT2D eigenvalue weighted by Crippen LogP contribution is 2.24. The van der Waals surface area contributed by atoms with Crippen LogP contribution in [0.5, 0.6) is 0 Å². The fraction of sp³-hybridized carbons (Fsp3) is 0.471. The lowest BCUT2D eigenvalue weighted by Crippen LogP contribution is -2.33. The molecule has 144 valence electrons. The Morgan fingerprint density at radius 1 is 1.31 bits per heavy atom. The van der Waals surface area contributed by atoms with Crippen LogP contribution in [-0.4, -0.2) is 59.0 Å². The second kappa shape index (κ2) is 10.4. The molecule has 2 heterocycles. The number of hydrogen-bond donors (Lipinski definition) is 1. The predicted molar refractivity (Wildman–Crippen MR) is 107 cm³/mol. The Balaban J connectivity index is 0.00000169. The number of benzene rings is 1. The van der Waals surface area contributed by atoms with Gasteiger partial charge in [0.15, 0.2) is 5.69 Å². The third kappa shape index (κ3) is 5.33. The van der Waals surface area contributed by atoms with Gasteiger partial charge in [-0.1, -0.05) is 23.4 Å². The molecule has 1 amide bonds. The zero-order valence-electron chi connectivity index (χ0n) is 14.8. The molecular formula is C17H26Cl2N6O. The van der Waals surface area contributed by atoms with Gasteiger partial charge in [0.1, 0.15) is 0 Å². The summed E-state index contributed by atoms with van der Waals surface area (Å²) in [7, 11) is 1.83. The third-order valence-corrected chi connectivity index (χ3v) is 4.40. The lowest BCUT2D eigenvalue weighted by Gasteiger charge is -2.22. The molecule has 1 aliphatic rings. The number of para-hydroxylation sites is 1. The highest BCUT2D eigenvalue weighted by Gasteiger charge is 2.26. The molecule has 7 nitrogen and oxygen atoms in total. The van der Waals surface area contributed by atoms with E-state index < -0.39 is 0 Å². The van der Waals surface area contributed by atoms with E-state index in [1.807, 2.05) is 13.1 Å². The fourth-order valence-corrected chi connectivity index (χ4v) is 3.16. The van der Waals surface area contributed by atoms with Crippen molar-refractivity contribution >= 4 is 36.4 Å². The van der Waals surface area contributed by atoms with Crippen LogP contribution in [0.15, 0.2) is 36.5 Å².